The number of rotatable bonds is 1. The second kappa shape index (κ2) is 3.11. The number of nitriles is 1. The summed E-state index contributed by atoms with van der Waals surface area (Å²) in [7, 11) is 0. The Hall–Kier alpha value is -1.43. The van der Waals surface area contributed by atoms with Gasteiger partial charge in [-0.2, -0.15) is 5.26 Å². The maximum atomic E-state index is 8.57. The third-order valence-corrected chi connectivity index (χ3v) is 1.46. The van der Waals surface area contributed by atoms with E-state index >= 15 is 0 Å². The normalized spacial score (nSPS) is 12.1. The first kappa shape index (κ1) is 7.67. The van der Waals surface area contributed by atoms with Gasteiger partial charge in [0.2, 0.25) is 0 Å². The van der Waals surface area contributed by atoms with E-state index in [9.17, 15) is 0 Å². The second-order valence-corrected chi connectivity index (χ2v) is 2.44. The number of hydrogen-bond acceptors (Lipinski definition) is 3. The van der Waals surface area contributed by atoms with E-state index in [2.05, 4.69) is 16.0 Å². The lowest BCUT2D eigenvalue weighted by Gasteiger charge is -2.00. The molecule has 1 unspecified atom stereocenters. The smallest absolute Gasteiger partial charge is 0.115 e. The molecule has 0 aliphatic rings. The van der Waals surface area contributed by atoms with E-state index in [1.54, 1.807) is 0 Å². The van der Waals surface area contributed by atoms with Crippen LogP contribution in [0.4, 0.5) is 0 Å². The molecular formula is C8H9N3. The van der Waals surface area contributed by atoms with Crippen LogP contribution < -0.4 is 0 Å². The molecule has 0 fully saturated rings. The van der Waals surface area contributed by atoms with Crippen LogP contribution in [0.2, 0.25) is 0 Å². The quantitative estimate of drug-likeness (QED) is 0.603. The Bertz CT molecular complexity index is 288. The van der Waals surface area contributed by atoms with Gasteiger partial charge in [0.05, 0.1) is 17.7 Å². The van der Waals surface area contributed by atoms with Crippen molar-refractivity contribution in [3.05, 3.63) is 23.8 Å². The molecule has 0 saturated carbocycles. The average Bonchev–Trinajstić information content (AvgIpc) is 2.03. The summed E-state index contributed by atoms with van der Waals surface area (Å²) < 4.78 is 0. The van der Waals surface area contributed by atoms with Gasteiger partial charge in [0.1, 0.15) is 6.33 Å². The van der Waals surface area contributed by atoms with E-state index in [0.717, 1.165) is 11.4 Å². The summed E-state index contributed by atoms with van der Waals surface area (Å²) in [5.74, 6) is -0.142. The van der Waals surface area contributed by atoms with Gasteiger partial charge in [-0.15, -0.1) is 0 Å². The number of nitrogens with zero attached hydrogens (tertiary/aromatic N) is 3. The van der Waals surface area contributed by atoms with E-state index in [4.69, 9.17) is 5.26 Å². The molecule has 1 heterocycles. The van der Waals surface area contributed by atoms with Gasteiger partial charge in [-0.05, 0) is 19.9 Å². The summed E-state index contributed by atoms with van der Waals surface area (Å²) in [6, 6.07) is 3.95. The summed E-state index contributed by atoms with van der Waals surface area (Å²) in [6.45, 7) is 3.71. The van der Waals surface area contributed by atoms with Crippen molar-refractivity contribution in [1.82, 2.24) is 9.97 Å². The molecule has 11 heavy (non-hydrogen) atoms. The van der Waals surface area contributed by atoms with E-state index in [0.29, 0.717) is 0 Å². The van der Waals surface area contributed by atoms with Crippen LogP contribution >= 0.6 is 0 Å². The van der Waals surface area contributed by atoms with Crippen LogP contribution in [0.1, 0.15) is 24.2 Å². The molecule has 0 saturated heterocycles. The van der Waals surface area contributed by atoms with Crippen molar-refractivity contribution < 1.29 is 0 Å². The SMILES string of the molecule is Cc1cc(C(C)C#N)ncn1. The minimum atomic E-state index is -0.142. The Kier molecular flexibility index (Phi) is 2.17. The van der Waals surface area contributed by atoms with Gasteiger partial charge < -0.3 is 0 Å². The number of hydrogen-bond donors (Lipinski definition) is 0. The Balaban J connectivity index is 2.98. The molecule has 1 aromatic rings. The Morgan fingerprint density at radius 3 is 2.82 bits per heavy atom. The lowest BCUT2D eigenvalue weighted by atomic mass is 10.1. The molecule has 1 atom stereocenters. The predicted octanol–water partition coefficient (Wildman–Crippen LogP) is 1.41. The molecule has 1 aromatic heterocycles. The van der Waals surface area contributed by atoms with Crippen molar-refractivity contribution >= 4 is 0 Å². The van der Waals surface area contributed by atoms with Crippen molar-refractivity contribution in [2.75, 3.05) is 0 Å². The minimum Gasteiger partial charge on any atom is -0.242 e. The fraction of sp³-hybridized carbons (Fsp3) is 0.375. The largest absolute Gasteiger partial charge is 0.242 e. The molecule has 56 valence electrons. The zero-order valence-corrected chi connectivity index (χ0v) is 6.57. The van der Waals surface area contributed by atoms with Crippen molar-refractivity contribution in [3.8, 4) is 6.07 Å². The highest BCUT2D eigenvalue weighted by Gasteiger charge is 2.04. The molecule has 1 rings (SSSR count). The summed E-state index contributed by atoms with van der Waals surface area (Å²) in [4.78, 5) is 7.91. The van der Waals surface area contributed by atoms with E-state index in [-0.39, 0.29) is 5.92 Å². The molecule has 0 amide bonds. The van der Waals surface area contributed by atoms with Crippen LogP contribution in [0.3, 0.4) is 0 Å². The highest BCUT2D eigenvalue weighted by Crippen LogP contribution is 2.09. The lowest BCUT2D eigenvalue weighted by Crippen LogP contribution is -1.95. The third kappa shape index (κ3) is 1.74. The highest BCUT2D eigenvalue weighted by molar-refractivity contribution is 5.16. The van der Waals surface area contributed by atoms with E-state index in [1.807, 2.05) is 19.9 Å². The molecule has 0 aromatic carbocycles. The molecule has 0 radical (unpaired) electrons. The van der Waals surface area contributed by atoms with Crippen LogP contribution in [0.15, 0.2) is 12.4 Å². The van der Waals surface area contributed by atoms with Gasteiger partial charge in [0.25, 0.3) is 0 Å². The zero-order chi connectivity index (χ0) is 8.27. The highest BCUT2D eigenvalue weighted by atomic mass is 14.8. The predicted molar refractivity (Wildman–Crippen MR) is 40.8 cm³/mol. The van der Waals surface area contributed by atoms with Gasteiger partial charge in [-0.1, -0.05) is 0 Å². The number of aryl methyl sites for hydroxylation is 1. The van der Waals surface area contributed by atoms with Crippen LogP contribution in [0, 0.1) is 18.3 Å². The topological polar surface area (TPSA) is 49.6 Å². The molecule has 0 N–H and O–H groups in total. The minimum absolute atomic E-state index is 0.142. The van der Waals surface area contributed by atoms with Crippen LogP contribution in [0.5, 0.6) is 0 Å². The number of aromatic nitrogens is 2. The van der Waals surface area contributed by atoms with Crippen molar-refractivity contribution in [3.63, 3.8) is 0 Å². The molecule has 3 heteroatoms. The molecule has 0 aliphatic carbocycles. The second-order valence-electron chi connectivity index (χ2n) is 2.44. The first-order chi connectivity index (χ1) is 5.24. The summed E-state index contributed by atoms with van der Waals surface area (Å²) in [5, 5.41) is 8.57. The third-order valence-electron chi connectivity index (χ3n) is 1.46. The first-order valence-corrected chi connectivity index (χ1v) is 3.42. The van der Waals surface area contributed by atoms with Gasteiger partial charge in [0.15, 0.2) is 0 Å². The van der Waals surface area contributed by atoms with Crippen LogP contribution in [-0.2, 0) is 0 Å². The zero-order valence-electron chi connectivity index (χ0n) is 6.57. The average molecular weight is 147 g/mol. The van der Waals surface area contributed by atoms with E-state index < -0.39 is 0 Å². The molecule has 0 spiro atoms. The lowest BCUT2D eigenvalue weighted by molar-refractivity contribution is 0.892. The van der Waals surface area contributed by atoms with Gasteiger partial charge in [-0.25, -0.2) is 9.97 Å². The Morgan fingerprint density at radius 2 is 2.27 bits per heavy atom. The van der Waals surface area contributed by atoms with Gasteiger partial charge in [-0.3, -0.25) is 0 Å². The molecule has 3 nitrogen and oxygen atoms in total. The monoisotopic (exact) mass is 147 g/mol. The van der Waals surface area contributed by atoms with E-state index in [1.165, 1.54) is 6.33 Å². The standard InChI is InChI=1S/C8H9N3/c1-6(4-9)8-3-7(2)10-5-11-8/h3,5-6H,1-2H3. The van der Waals surface area contributed by atoms with Crippen LogP contribution in [-0.4, -0.2) is 9.97 Å². The molecule has 0 bridgehead atoms. The Morgan fingerprint density at radius 1 is 1.55 bits per heavy atom. The summed E-state index contributed by atoms with van der Waals surface area (Å²) >= 11 is 0. The molecule has 0 aliphatic heterocycles. The fourth-order valence-corrected chi connectivity index (χ4v) is 0.778. The fourth-order valence-electron chi connectivity index (χ4n) is 0.778. The van der Waals surface area contributed by atoms with Gasteiger partial charge in [0, 0.05) is 5.69 Å². The Labute approximate surface area is 65.7 Å². The first-order valence-electron chi connectivity index (χ1n) is 3.42. The van der Waals surface area contributed by atoms with Gasteiger partial charge >= 0.3 is 0 Å². The summed E-state index contributed by atoms with van der Waals surface area (Å²) in [5.41, 5.74) is 1.69. The maximum Gasteiger partial charge on any atom is 0.115 e. The summed E-state index contributed by atoms with van der Waals surface area (Å²) in [6.07, 6.45) is 1.48. The van der Waals surface area contributed by atoms with Crippen molar-refractivity contribution in [2.24, 2.45) is 0 Å². The van der Waals surface area contributed by atoms with Crippen molar-refractivity contribution in [1.29, 1.82) is 5.26 Å². The maximum absolute atomic E-state index is 8.57. The van der Waals surface area contributed by atoms with Crippen molar-refractivity contribution in [2.45, 2.75) is 19.8 Å². The molecular weight excluding hydrogens is 138 g/mol. The van der Waals surface area contributed by atoms with Crippen LogP contribution in [0.25, 0.3) is 0 Å².